The summed E-state index contributed by atoms with van der Waals surface area (Å²) in [6.07, 6.45) is 11.3. The van der Waals surface area contributed by atoms with Crippen molar-refractivity contribution >= 4 is 16.9 Å². The van der Waals surface area contributed by atoms with Gasteiger partial charge < -0.3 is 14.6 Å². The minimum atomic E-state index is -0.232. The lowest BCUT2D eigenvalue weighted by atomic mass is 9.97. The molecular formula is C24H29FN4O. The first kappa shape index (κ1) is 19.5. The zero-order valence-electron chi connectivity index (χ0n) is 17.5. The van der Waals surface area contributed by atoms with E-state index in [-0.39, 0.29) is 5.82 Å². The van der Waals surface area contributed by atoms with E-state index >= 15 is 0 Å². The quantitative estimate of drug-likeness (QED) is 0.629. The second-order valence-corrected chi connectivity index (χ2v) is 8.69. The summed E-state index contributed by atoms with van der Waals surface area (Å²) < 4.78 is 20.2. The van der Waals surface area contributed by atoms with E-state index in [0.717, 1.165) is 42.8 Å². The van der Waals surface area contributed by atoms with E-state index in [9.17, 15) is 4.39 Å². The summed E-state index contributed by atoms with van der Waals surface area (Å²) in [6, 6.07) is 7.36. The topological polar surface area (TPSA) is 54.0 Å². The SMILES string of the molecule is Cc1cc2[nH]c(-c3ccc(N4CCC(OC5CCCCC5)CC4)nc3)nc2cc1F. The van der Waals surface area contributed by atoms with Crippen LogP contribution in [0.1, 0.15) is 50.5 Å². The van der Waals surface area contributed by atoms with E-state index < -0.39 is 0 Å². The number of anilines is 1. The van der Waals surface area contributed by atoms with Gasteiger partial charge in [0.25, 0.3) is 0 Å². The van der Waals surface area contributed by atoms with Crippen LogP contribution in [0.25, 0.3) is 22.4 Å². The van der Waals surface area contributed by atoms with Gasteiger partial charge in [0.2, 0.25) is 0 Å². The molecule has 1 saturated carbocycles. The highest BCUT2D eigenvalue weighted by Gasteiger charge is 2.24. The van der Waals surface area contributed by atoms with Gasteiger partial charge in [0.05, 0.1) is 23.2 Å². The summed E-state index contributed by atoms with van der Waals surface area (Å²) in [7, 11) is 0. The van der Waals surface area contributed by atoms with Crippen molar-refractivity contribution in [2.75, 3.05) is 18.0 Å². The van der Waals surface area contributed by atoms with Crippen LogP contribution in [0.3, 0.4) is 0 Å². The highest BCUT2D eigenvalue weighted by molar-refractivity contribution is 5.80. The highest BCUT2D eigenvalue weighted by atomic mass is 19.1. The van der Waals surface area contributed by atoms with Gasteiger partial charge in [-0.2, -0.15) is 0 Å². The van der Waals surface area contributed by atoms with Crippen molar-refractivity contribution in [2.24, 2.45) is 0 Å². The third-order valence-corrected chi connectivity index (χ3v) is 6.49. The number of ether oxygens (including phenoxy) is 1. The van der Waals surface area contributed by atoms with Crippen molar-refractivity contribution in [3.63, 3.8) is 0 Å². The zero-order chi connectivity index (χ0) is 20.5. The summed E-state index contributed by atoms with van der Waals surface area (Å²) in [5, 5.41) is 0. The van der Waals surface area contributed by atoms with Crippen LogP contribution in [0.4, 0.5) is 10.2 Å². The monoisotopic (exact) mass is 408 g/mol. The molecular weight excluding hydrogens is 379 g/mol. The van der Waals surface area contributed by atoms with Crippen molar-refractivity contribution in [1.29, 1.82) is 0 Å². The van der Waals surface area contributed by atoms with Gasteiger partial charge in [-0.05, 0) is 56.4 Å². The number of piperidine rings is 1. The minimum absolute atomic E-state index is 0.232. The molecule has 1 aliphatic heterocycles. The first-order valence-corrected chi connectivity index (χ1v) is 11.2. The van der Waals surface area contributed by atoms with Gasteiger partial charge in [0.1, 0.15) is 17.5 Å². The molecule has 2 aromatic heterocycles. The molecule has 0 radical (unpaired) electrons. The Kier molecular flexibility index (Phi) is 5.42. The largest absolute Gasteiger partial charge is 0.375 e. The number of rotatable bonds is 4. The maximum atomic E-state index is 13.8. The van der Waals surface area contributed by atoms with Crippen LogP contribution in [-0.4, -0.2) is 40.2 Å². The van der Waals surface area contributed by atoms with E-state index in [0.29, 0.717) is 29.1 Å². The van der Waals surface area contributed by atoms with Crippen LogP contribution in [-0.2, 0) is 4.74 Å². The number of halogens is 1. The first-order valence-electron chi connectivity index (χ1n) is 11.2. The molecule has 0 atom stereocenters. The number of aromatic amines is 1. The Balaban J connectivity index is 1.22. The molecule has 1 N–H and O–H groups in total. The van der Waals surface area contributed by atoms with Gasteiger partial charge in [-0.25, -0.2) is 14.4 Å². The van der Waals surface area contributed by atoms with E-state index in [1.165, 1.54) is 38.2 Å². The fourth-order valence-electron chi connectivity index (χ4n) is 4.68. The summed E-state index contributed by atoms with van der Waals surface area (Å²) in [5.74, 6) is 1.48. The van der Waals surface area contributed by atoms with Crippen molar-refractivity contribution in [3.8, 4) is 11.4 Å². The Morgan fingerprint density at radius 1 is 1.03 bits per heavy atom. The minimum Gasteiger partial charge on any atom is -0.375 e. The number of aromatic nitrogens is 3. The average molecular weight is 409 g/mol. The molecule has 1 aliphatic carbocycles. The molecule has 3 heterocycles. The molecule has 6 heteroatoms. The number of H-pyrrole nitrogens is 1. The molecule has 5 nitrogen and oxygen atoms in total. The number of aryl methyl sites for hydroxylation is 1. The van der Waals surface area contributed by atoms with E-state index in [1.54, 1.807) is 13.0 Å². The summed E-state index contributed by atoms with van der Waals surface area (Å²) in [5.41, 5.74) is 3.00. The number of fused-ring (bicyclic) bond motifs is 1. The molecule has 0 bridgehead atoms. The van der Waals surface area contributed by atoms with Crippen LogP contribution in [0.2, 0.25) is 0 Å². The van der Waals surface area contributed by atoms with Gasteiger partial charge >= 0.3 is 0 Å². The van der Waals surface area contributed by atoms with Gasteiger partial charge in [0.15, 0.2) is 0 Å². The fraction of sp³-hybridized carbons (Fsp3) is 0.500. The van der Waals surface area contributed by atoms with Crippen LogP contribution in [0.15, 0.2) is 30.5 Å². The molecule has 30 heavy (non-hydrogen) atoms. The Morgan fingerprint density at radius 3 is 2.53 bits per heavy atom. The smallest absolute Gasteiger partial charge is 0.140 e. The lowest BCUT2D eigenvalue weighted by Gasteiger charge is -2.35. The predicted octanol–water partition coefficient (Wildman–Crippen LogP) is 5.39. The van der Waals surface area contributed by atoms with Crippen LogP contribution in [0.5, 0.6) is 0 Å². The summed E-state index contributed by atoms with van der Waals surface area (Å²) >= 11 is 0. The summed E-state index contributed by atoms with van der Waals surface area (Å²) in [4.78, 5) is 14.8. The third kappa shape index (κ3) is 4.06. The van der Waals surface area contributed by atoms with Gasteiger partial charge in [-0.15, -0.1) is 0 Å². The number of imidazole rings is 1. The number of pyridine rings is 1. The molecule has 0 unspecified atom stereocenters. The van der Waals surface area contributed by atoms with E-state index in [2.05, 4.69) is 25.9 Å². The number of nitrogens with zero attached hydrogens (tertiary/aromatic N) is 3. The van der Waals surface area contributed by atoms with Crippen molar-refractivity contribution in [2.45, 2.75) is 64.1 Å². The zero-order valence-corrected chi connectivity index (χ0v) is 17.5. The van der Waals surface area contributed by atoms with Gasteiger partial charge in [-0.3, -0.25) is 0 Å². The highest BCUT2D eigenvalue weighted by Crippen LogP contribution is 2.27. The second kappa shape index (κ2) is 8.34. The molecule has 0 amide bonds. The lowest BCUT2D eigenvalue weighted by Crippen LogP contribution is -2.39. The fourth-order valence-corrected chi connectivity index (χ4v) is 4.68. The normalized spacial score (nSPS) is 18.9. The van der Waals surface area contributed by atoms with Gasteiger partial charge in [-0.1, -0.05) is 19.3 Å². The van der Waals surface area contributed by atoms with Crippen LogP contribution >= 0.6 is 0 Å². The number of benzene rings is 1. The van der Waals surface area contributed by atoms with Crippen LogP contribution < -0.4 is 4.90 Å². The first-order chi connectivity index (χ1) is 14.7. The second-order valence-electron chi connectivity index (χ2n) is 8.69. The average Bonchev–Trinajstić information content (AvgIpc) is 3.18. The van der Waals surface area contributed by atoms with E-state index in [4.69, 9.17) is 4.74 Å². The maximum Gasteiger partial charge on any atom is 0.140 e. The molecule has 158 valence electrons. The number of hydrogen-bond donors (Lipinski definition) is 1. The molecule has 1 aromatic carbocycles. The van der Waals surface area contributed by atoms with Crippen molar-refractivity contribution in [1.82, 2.24) is 15.0 Å². The van der Waals surface area contributed by atoms with Crippen molar-refractivity contribution in [3.05, 3.63) is 41.8 Å². The molecule has 0 spiro atoms. The Bertz CT molecular complexity index is 963. The maximum absolute atomic E-state index is 13.8. The Labute approximate surface area is 176 Å². The van der Waals surface area contributed by atoms with Crippen LogP contribution in [0, 0.1) is 12.7 Å². The number of nitrogens with one attached hydrogen (secondary N) is 1. The lowest BCUT2D eigenvalue weighted by molar-refractivity contribution is -0.0395. The molecule has 2 fully saturated rings. The summed E-state index contributed by atoms with van der Waals surface area (Å²) in [6.45, 7) is 3.72. The Morgan fingerprint density at radius 2 is 1.80 bits per heavy atom. The molecule has 2 aliphatic rings. The third-order valence-electron chi connectivity index (χ3n) is 6.49. The number of hydrogen-bond acceptors (Lipinski definition) is 4. The molecule has 5 rings (SSSR count). The Hall–Kier alpha value is -2.47. The molecule has 1 saturated heterocycles. The van der Waals surface area contributed by atoms with E-state index in [1.807, 2.05) is 12.3 Å². The molecule has 3 aromatic rings. The van der Waals surface area contributed by atoms with Crippen molar-refractivity contribution < 1.29 is 9.13 Å². The predicted molar refractivity (Wildman–Crippen MR) is 117 cm³/mol. The standard InChI is InChI=1S/C24H29FN4O/c1-16-13-21-22(14-20(16)25)28-24(27-21)17-7-8-23(26-15-17)29-11-9-19(10-12-29)30-18-5-3-2-4-6-18/h7-8,13-15,18-19H,2-6,9-12H2,1H3,(H,27,28). The van der Waals surface area contributed by atoms with Gasteiger partial charge in [0, 0.05) is 30.9 Å².